The minimum absolute atomic E-state index is 0.00940. The van der Waals surface area contributed by atoms with Crippen molar-refractivity contribution in [3.8, 4) is 0 Å². The van der Waals surface area contributed by atoms with E-state index in [4.69, 9.17) is 0 Å². The summed E-state index contributed by atoms with van der Waals surface area (Å²) in [5.74, 6) is -1.78. The number of amides is 2. The van der Waals surface area contributed by atoms with Crippen LogP contribution >= 0.6 is 0 Å². The summed E-state index contributed by atoms with van der Waals surface area (Å²) in [5, 5.41) is 2.71. The van der Waals surface area contributed by atoms with Crippen LogP contribution in [0.4, 0.5) is 8.78 Å². The molecule has 6 heteroatoms. The van der Waals surface area contributed by atoms with E-state index in [-0.39, 0.29) is 24.2 Å². The lowest BCUT2D eigenvalue weighted by molar-refractivity contribution is -0.128. The van der Waals surface area contributed by atoms with Gasteiger partial charge in [0.1, 0.15) is 11.6 Å². The lowest BCUT2D eigenvalue weighted by Gasteiger charge is -2.13. The molecule has 1 atom stereocenters. The highest BCUT2D eigenvalue weighted by atomic mass is 19.1. The largest absolute Gasteiger partial charge is 0.355 e. The Morgan fingerprint density at radius 2 is 2.00 bits per heavy atom. The molecule has 1 fully saturated rings. The van der Waals surface area contributed by atoms with Crippen LogP contribution in [0.15, 0.2) is 18.2 Å². The van der Waals surface area contributed by atoms with Crippen LogP contribution in [0.3, 0.4) is 0 Å². The summed E-state index contributed by atoms with van der Waals surface area (Å²) in [6, 6.07) is 3.30. The summed E-state index contributed by atoms with van der Waals surface area (Å²) >= 11 is 0. The van der Waals surface area contributed by atoms with E-state index in [2.05, 4.69) is 5.32 Å². The highest BCUT2D eigenvalue weighted by Gasteiger charge is 2.32. The van der Waals surface area contributed by atoms with Crippen molar-refractivity contribution >= 4 is 11.8 Å². The number of hydrogen-bond acceptors (Lipinski definition) is 2. The molecule has 2 amide bonds. The Hall–Kier alpha value is -1.98. The van der Waals surface area contributed by atoms with Gasteiger partial charge in [0.2, 0.25) is 11.8 Å². The first-order valence-corrected chi connectivity index (χ1v) is 7.00. The van der Waals surface area contributed by atoms with E-state index in [0.29, 0.717) is 31.6 Å². The molecular formula is C15H18F2N2O2. The molecule has 0 radical (unpaired) electrons. The standard InChI is InChI=1S/C15H18F2N2O2/c1-2-19-9-11(7-14(19)20)15(21)18-4-3-10-5-12(16)8-13(17)6-10/h5-6,8,11H,2-4,7,9H2,1H3,(H,18,21)/t11-/m0/s1. The first-order chi connectivity index (χ1) is 9.99. The minimum Gasteiger partial charge on any atom is -0.355 e. The number of nitrogens with zero attached hydrogens (tertiary/aromatic N) is 1. The highest BCUT2D eigenvalue weighted by molar-refractivity contribution is 5.89. The van der Waals surface area contributed by atoms with Crippen molar-refractivity contribution in [2.24, 2.45) is 5.92 Å². The van der Waals surface area contributed by atoms with Crippen LogP contribution in [-0.4, -0.2) is 36.3 Å². The Morgan fingerprint density at radius 3 is 2.57 bits per heavy atom. The number of benzene rings is 1. The molecule has 1 heterocycles. The van der Waals surface area contributed by atoms with Crippen molar-refractivity contribution in [1.82, 2.24) is 10.2 Å². The van der Waals surface area contributed by atoms with Gasteiger partial charge in [-0.25, -0.2) is 8.78 Å². The predicted octanol–water partition coefficient (Wildman–Crippen LogP) is 1.49. The van der Waals surface area contributed by atoms with Crippen LogP contribution in [0, 0.1) is 17.6 Å². The Labute approximate surface area is 122 Å². The Kier molecular flexibility index (Phi) is 4.88. The summed E-state index contributed by atoms with van der Waals surface area (Å²) in [7, 11) is 0. The molecule has 0 aliphatic carbocycles. The summed E-state index contributed by atoms with van der Waals surface area (Å²) in [6.07, 6.45) is 0.576. The zero-order chi connectivity index (χ0) is 15.4. The fourth-order valence-electron chi connectivity index (χ4n) is 2.48. The van der Waals surface area contributed by atoms with Crippen LogP contribution in [0.5, 0.6) is 0 Å². The molecule has 21 heavy (non-hydrogen) atoms. The van der Waals surface area contributed by atoms with Crippen molar-refractivity contribution in [1.29, 1.82) is 0 Å². The molecule has 4 nitrogen and oxygen atoms in total. The summed E-state index contributed by atoms with van der Waals surface area (Å²) < 4.78 is 26.0. The number of likely N-dealkylation sites (tertiary alicyclic amines) is 1. The average molecular weight is 296 g/mol. The van der Waals surface area contributed by atoms with Gasteiger partial charge in [-0.3, -0.25) is 9.59 Å². The molecule has 114 valence electrons. The lowest BCUT2D eigenvalue weighted by Crippen LogP contribution is -2.34. The number of carbonyl (C=O) groups excluding carboxylic acids is 2. The summed E-state index contributed by atoms with van der Waals surface area (Å²) in [5.41, 5.74) is 0.491. The van der Waals surface area contributed by atoms with Crippen molar-refractivity contribution in [2.75, 3.05) is 19.6 Å². The second-order valence-corrected chi connectivity index (χ2v) is 5.15. The lowest BCUT2D eigenvalue weighted by atomic mass is 10.1. The maximum atomic E-state index is 13.0. The first-order valence-electron chi connectivity index (χ1n) is 7.00. The van der Waals surface area contributed by atoms with E-state index in [0.717, 1.165) is 6.07 Å². The number of hydrogen-bond donors (Lipinski definition) is 1. The van der Waals surface area contributed by atoms with Crippen LogP contribution < -0.4 is 5.32 Å². The number of nitrogens with one attached hydrogen (secondary N) is 1. The van der Waals surface area contributed by atoms with Crippen LogP contribution in [0.25, 0.3) is 0 Å². The molecule has 0 spiro atoms. The normalized spacial score (nSPS) is 18.1. The molecule has 0 aromatic heterocycles. The third-order valence-corrected chi connectivity index (χ3v) is 3.60. The average Bonchev–Trinajstić information content (AvgIpc) is 2.79. The molecule has 1 saturated heterocycles. The molecular weight excluding hydrogens is 278 g/mol. The van der Waals surface area contributed by atoms with Crippen molar-refractivity contribution in [3.05, 3.63) is 35.4 Å². The molecule has 1 aromatic rings. The van der Waals surface area contributed by atoms with Gasteiger partial charge in [-0.1, -0.05) is 0 Å². The maximum Gasteiger partial charge on any atom is 0.225 e. The topological polar surface area (TPSA) is 49.4 Å². The SMILES string of the molecule is CCN1C[C@@H](C(=O)NCCc2cc(F)cc(F)c2)CC1=O. The summed E-state index contributed by atoms with van der Waals surface area (Å²) in [6.45, 7) is 3.20. The van der Waals surface area contributed by atoms with Gasteiger partial charge in [-0.2, -0.15) is 0 Å². The number of halogens is 2. The van der Waals surface area contributed by atoms with Gasteiger partial charge < -0.3 is 10.2 Å². The van der Waals surface area contributed by atoms with Gasteiger partial charge in [0.25, 0.3) is 0 Å². The summed E-state index contributed by atoms with van der Waals surface area (Å²) in [4.78, 5) is 25.1. The van der Waals surface area contributed by atoms with Gasteiger partial charge >= 0.3 is 0 Å². The molecule has 0 unspecified atom stereocenters. The predicted molar refractivity (Wildman–Crippen MR) is 73.4 cm³/mol. The smallest absolute Gasteiger partial charge is 0.225 e. The van der Waals surface area contributed by atoms with E-state index in [1.54, 1.807) is 4.90 Å². The van der Waals surface area contributed by atoms with E-state index in [1.165, 1.54) is 12.1 Å². The first kappa shape index (κ1) is 15.4. The van der Waals surface area contributed by atoms with Crippen LogP contribution in [-0.2, 0) is 16.0 Å². The molecule has 0 saturated carbocycles. The molecule has 1 N–H and O–H groups in total. The highest BCUT2D eigenvalue weighted by Crippen LogP contribution is 2.17. The molecule has 1 aliphatic rings. The Morgan fingerprint density at radius 1 is 1.33 bits per heavy atom. The van der Waals surface area contributed by atoms with Crippen molar-refractivity contribution in [2.45, 2.75) is 19.8 Å². The van der Waals surface area contributed by atoms with Crippen LogP contribution in [0.2, 0.25) is 0 Å². The molecule has 2 rings (SSSR count). The monoisotopic (exact) mass is 296 g/mol. The van der Waals surface area contributed by atoms with E-state index in [1.807, 2.05) is 6.92 Å². The van der Waals surface area contributed by atoms with Crippen molar-refractivity contribution in [3.63, 3.8) is 0 Å². The molecule has 1 aromatic carbocycles. The van der Waals surface area contributed by atoms with Gasteiger partial charge in [0, 0.05) is 32.1 Å². The van der Waals surface area contributed by atoms with E-state index in [9.17, 15) is 18.4 Å². The molecule has 1 aliphatic heterocycles. The van der Waals surface area contributed by atoms with E-state index >= 15 is 0 Å². The van der Waals surface area contributed by atoms with E-state index < -0.39 is 11.6 Å². The fraction of sp³-hybridized carbons (Fsp3) is 0.467. The minimum atomic E-state index is -0.628. The van der Waals surface area contributed by atoms with Gasteiger partial charge in [0.05, 0.1) is 5.92 Å². The van der Waals surface area contributed by atoms with Gasteiger partial charge in [-0.05, 0) is 31.0 Å². The zero-order valence-corrected chi connectivity index (χ0v) is 11.9. The third kappa shape index (κ3) is 4.00. The number of carbonyl (C=O) groups is 2. The Bertz CT molecular complexity index is 528. The Balaban J connectivity index is 1.81. The second-order valence-electron chi connectivity index (χ2n) is 5.15. The van der Waals surface area contributed by atoms with Gasteiger partial charge in [-0.15, -0.1) is 0 Å². The third-order valence-electron chi connectivity index (χ3n) is 3.60. The van der Waals surface area contributed by atoms with Crippen LogP contribution in [0.1, 0.15) is 18.9 Å². The quantitative estimate of drug-likeness (QED) is 0.895. The number of rotatable bonds is 5. The van der Waals surface area contributed by atoms with Crippen molar-refractivity contribution < 1.29 is 18.4 Å². The van der Waals surface area contributed by atoms with Gasteiger partial charge in [0.15, 0.2) is 0 Å². The second kappa shape index (κ2) is 6.65. The molecule has 0 bridgehead atoms. The fourth-order valence-corrected chi connectivity index (χ4v) is 2.48. The zero-order valence-electron chi connectivity index (χ0n) is 11.9. The maximum absolute atomic E-state index is 13.0.